The first-order valence-electron chi connectivity index (χ1n) is 10.7. The van der Waals surface area contributed by atoms with Crippen LogP contribution in [-0.4, -0.2) is 28.7 Å². The molecule has 0 radical (unpaired) electrons. The number of hydrogen-bond acceptors (Lipinski definition) is 3. The van der Waals surface area contributed by atoms with E-state index in [0.29, 0.717) is 24.1 Å². The maximum atomic E-state index is 13.7. The van der Waals surface area contributed by atoms with Crippen LogP contribution in [-0.2, 0) is 16.9 Å². The zero-order chi connectivity index (χ0) is 25.4. The van der Waals surface area contributed by atoms with Gasteiger partial charge in [0.05, 0.1) is 27.5 Å². The third-order valence-electron chi connectivity index (χ3n) is 6.16. The average molecular weight is 505 g/mol. The van der Waals surface area contributed by atoms with Crippen LogP contribution in [0, 0.1) is 5.82 Å². The van der Waals surface area contributed by atoms with Crippen LogP contribution in [0.15, 0.2) is 67.2 Å². The summed E-state index contributed by atoms with van der Waals surface area (Å²) in [5, 5.41) is -0.188. The standard InChI is InChI=1S/C26H21ClF4N2O2/c1-16(26(29,30)31)22-13-19(14-23(32-22)18-8-9-21(28)20(27)12-18)25(2)10-11-33(25)24(34)35-15-17-6-4-3-5-7-17/h3-9,12-14H,1,10-11,15H2,2H3/t25-/m1/s1. The van der Waals surface area contributed by atoms with Crippen molar-refractivity contribution in [2.24, 2.45) is 0 Å². The van der Waals surface area contributed by atoms with Crippen LogP contribution >= 0.6 is 11.6 Å². The Bertz CT molecular complexity index is 1280. The molecule has 0 saturated carbocycles. The first kappa shape index (κ1) is 24.7. The molecular formula is C26H21ClF4N2O2. The van der Waals surface area contributed by atoms with Gasteiger partial charge >= 0.3 is 12.3 Å². The van der Waals surface area contributed by atoms with E-state index in [-0.39, 0.29) is 17.3 Å². The van der Waals surface area contributed by atoms with Crippen LogP contribution in [0.4, 0.5) is 22.4 Å². The van der Waals surface area contributed by atoms with Gasteiger partial charge in [-0.3, -0.25) is 4.90 Å². The minimum absolute atomic E-state index is 0.0675. The largest absolute Gasteiger partial charge is 0.445 e. The fraction of sp³-hybridized carbons (Fsp3) is 0.231. The summed E-state index contributed by atoms with van der Waals surface area (Å²) in [5.41, 5.74) is -0.745. The van der Waals surface area contributed by atoms with E-state index in [0.717, 1.165) is 11.6 Å². The third kappa shape index (κ3) is 5.03. The van der Waals surface area contributed by atoms with Gasteiger partial charge in [-0.1, -0.05) is 48.5 Å². The van der Waals surface area contributed by atoms with Crippen LogP contribution in [0.5, 0.6) is 0 Å². The number of rotatable bonds is 5. The van der Waals surface area contributed by atoms with Crippen molar-refractivity contribution in [3.63, 3.8) is 0 Å². The summed E-state index contributed by atoms with van der Waals surface area (Å²) in [7, 11) is 0. The molecule has 0 spiro atoms. The smallest absolute Gasteiger partial charge is 0.417 e. The van der Waals surface area contributed by atoms with Crippen molar-refractivity contribution >= 4 is 23.3 Å². The predicted molar refractivity (Wildman–Crippen MR) is 125 cm³/mol. The highest BCUT2D eigenvalue weighted by Crippen LogP contribution is 2.43. The normalized spacial score (nSPS) is 17.6. The number of ether oxygens (including phenoxy) is 1. The van der Waals surface area contributed by atoms with Crippen molar-refractivity contribution in [3.8, 4) is 11.3 Å². The number of pyridine rings is 1. The third-order valence-corrected chi connectivity index (χ3v) is 6.45. The number of hydrogen-bond donors (Lipinski definition) is 0. The first-order chi connectivity index (χ1) is 16.5. The molecule has 1 saturated heterocycles. The highest BCUT2D eigenvalue weighted by Gasteiger charge is 2.46. The topological polar surface area (TPSA) is 42.4 Å². The Labute approximate surface area is 204 Å². The van der Waals surface area contributed by atoms with E-state index >= 15 is 0 Å². The lowest BCUT2D eigenvalue weighted by Crippen LogP contribution is -2.58. The monoisotopic (exact) mass is 504 g/mol. The fourth-order valence-corrected chi connectivity index (χ4v) is 4.07. The van der Waals surface area contributed by atoms with Crippen molar-refractivity contribution in [1.82, 2.24) is 9.88 Å². The van der Waals surface area contributed by atoms with Crippen molar-refractivity contribution in [3.05, 3.63) is 94.9 Å². The number of benzene rings is 2. The summed E-state index contributed by atoms with van der Waals surface area (Å²) in [5.74, 6) is -0.662. The molecular weight excluding hydrogens is 484 g/mol. The molecule has 35 heavy (non-hydrogen) atoms. The highest BCUT2D eigenvalue weighted by molar-refractivity contribution is 6.31. The van der Waals surface area contributed by atoms with E-state index in [2.05, 4.69) is 11.6 Å². The second-order valence-electron chi connectivity index (χ2n) is 8.45. The Balaban J connectivity index is 1.69. The SMILES string of the molecule is C=C(c1cc([C@@]2(C)CCN2C(=O)OCc2ccccc2)cc(-c2ccc(F)c(Cl)c2)n1)C(F)(F)F. The van der Waals surface area contributed by atoms with Crippen molar-refractivity contribution in [2.45, 2.75) is 31.7 Å². The van der Waals surface area contributed by atoms with E-state index in [1.807, 2.05) is 30.3 Å². The Kier molecular flexibility index (Phi) is 6.60. The summed E-state index contributed by atoms with van der Waals surface area (Å²) in [4.78, 5) is 18.4. The molecule has 2 heterocycles. The van der Waals surface area contributed by atoms with E-state index < -0.39 is 34.9 Å². The first-order valence-corrected chi connectivity index (χ1v) is 11.1. The van der Waals surface area contributed by atoms with Crippen molar-refractivity contribution < 1.29 is 27.1 Å². The molecule has 1 amide bonds. The van der Waals surface area contributed by atoms with Gasteiger partial charge in [0.15, 0.2) is 0 Å². The number of halogens is 5. The fourth-order valence-electron chi connectivity index (χ4n) is 3.89. The molecule has 1 aliphatic heterocycles. The van der Waals surface area contributed by atoms with Gasteiger partial charge in [0.2, 0.25) is 0 Å². The van der Waals surface area contributed by atoms with Gasteiger partial charge in [0.1, 0.15) is 12.4 Å². The molecule has 0 aliphatic carbocycles. The molecule has 3 aromatic rings. The minimum Gasteiger partial charge on any atom is -0.445 e. The van der Waals surface area contributed by atoms with Gasteiger partial charge in [-0.15, -0.1) is 0 Å². The number of amides is 1. The molecule has 9 heteroatoms. The van der Waals surface area contributed by atoms with E-state index in [4.69, 9.17) is 16.3 Å². The van der Waals surface area contributed by atoms with Crippen LogP contribution in [0.3, 0.4) is 0 Å². The van der Waals surface area contributed by atoms with Crippen molar-refractivity contribution in [2.75, 3.05) is 6.54 Å². The van der Waals surface area contributed by atoms with Crippen molar-refractivity contribution in [1.29, 1.82) is 0 Å². The molecule has 4 rings (SSSR count). The van der Waals surface area contributed by atoms with Crippen LogP contribution in [0.25, 0.3) is 16.8 Å². The predicted octanol–water partition coefficient (Wildman–Crippen LogP) is 7.37. The quantitative estimate of drug-likeness (QED) is 0.340. The second-order valence-corrected chi connectivity index (χ2v) is 8.85. The molecule has 4 nitrogen and oxygen atoms in total. The summed E-state index contributed by atoms with van der Waals surface area (Å²) in [6.45, 7) is 5.36. The maximum absolute atomic E-state index is 13.7. The van der Waals surface area contributed by atoms with Crippen LogP contribution < -0.4 is 0 Å². The molecule has 2 aromatic carbocycles. The van der Waals surface area contributed by atoms with Gasteiger partial charge in [-0.2, -0.15) is 13.2 Å². The maximum Gasteiger partial charge on any atom is 0.417 e. The molecule has 0 bridgehead atoms. The van der Waals surface area contributed by atoms with Gasteiger partial charge in [-0.25, -0.2) is 14.2 Å². The number of likely N-dealkylation sites (tertiary alicyclic amines) is 1. The molecule has 1 aliphatic rings. The van der Waals surface area contributed by atoms with E-state index in [1.165, 1.54) is 23.1 Å². The lowest BCUT2D eigenvalue weighted by atomic mass is 9.79. The van der Waals surface area contributed by atoms with Gasteiger partial charge in [-0.05, 0) is 54.8 Å². The van der Waals surface area contributed by atoms with E-state index in [1.54, 1.807) is 13.0 Å². The number of alkyl halides is 3. The minimum atomic E-state index is -4.71. The van der Waals surface area contributed by atoms with E-state index in [9.17, 15) is 22.4 Å². The molecule has 1 atom stereocenters. The molecule has 0 N–H and O–H groups in total. The van der Waals surface area contributed by atoms with Gasteiger partial charge in [0.25, 0.3) is 0 Å². The zero-order valence-corrected chi connectivity index (χ0v) is 19.5. The zero-order valence-electron chi connectivity index (χ0n) is 18.7. The van der Waals surface area contributed by atoms with Gasteiger partial charge in [0, 0.05) is 12.1 Å². The number of carbonyl (C=O) groups excluding carboxylic acids is 1. The Morgan fingerprint density at radius 1 is 1.17 bits per heavy atom. The number of aromatic nitrogens is 1. The van der Waals surface area contributed by atoms with Crippen LogP contribution in [0.2, 0.25) is 5.02 Å². The Morgan fingerprint density at radius 2 is 1.89 bits per heavy atom. The van der Waals surface area contributed by atoms with Gasteiger partial charge < -0.3 is 4.74 Å². The lowest BCUT2D eigenvalue weighted by Gasteiger charge is -2.50. The number of allylic oxidation sites excluding steroid dienone is 1. The average Bonchev–Trinajstić information content (AvgIpc) is 2.82. The highest BCUT2D eigenvalue weighted by atomic mass is 35.5. The summed E-state index contributed by atoms with van der Waals surface area (Å²) in [6, 6.07) is 15.8. The van der Waals surface area contributed by atoms with Crippen LogP contribution in [0.1, 0.15) is 30.2 Å². The summed E-state index contributed by atoms with van der Waals surface area (Å²) >= 11 is 5.89. The molecule has 182 valence electrons. The number of carbonyl (C=O) groups is 1. The number of nitrogens with zero attached hydrogens (tertiary/aromatic N) is 2. The lowest BCUT2D eigenvalue weighted by molar-refractivity contribution is -0.0689. The molecule has 1 aromatic heterocycles. The molecule has 0 unspecified atom stereocenters. The molecule has 1 fully saturated rings. The second kappa shape index (κ2) is 9.34. The Morgan fingerprint density at radius 3 is 2.49 bits per heavy atom. The summed E-state index contributed by atoms with van der Waals surface area (Å²) < 4.78 is 59.6. The summed E-state index contributed by atoms with van der Waals surface area (Å²) in [6.07, 6.45) is -4.79. The Hall–Kier alpha value is -3.39.